The van der Waals surface area contributed by atoms with Gasteiger partial charge in [0.2, 0.25) is 0 Å². The summed E-state index contributed by atoms with van der Waals surface area (Å²) in [6.45, 7) is 5.96. The first-order chi connectivity index (χ1) is 7.22. The minimum Gasteiger partial charge on any atom is -0.399 e. The van der Waals surface area contributed by atoms with Gasteiger partial charge in [-0.05, 0) is 37.1 Å². The van der Waals surface area contributed by atoms with Crippen LogP contribution in [0.5, 0.6) is 0 Å². The summed E-state index contributed by atoms with van der Waals surface area (Å²) >= 11 is 0. The van der Waals surface area contributed by atoms with E-state index < -0.39 is 0 Å². The quantitative estimate of drug-likeness (QED) is 0.723. The van der Waals surface area contributed by atoms with Gasteiger partial charge in [-0.1, -0.05) is 6.92 Å². The number of benzene rings is 1. The summed E-state index contributed by atoms with van der Waals surface area (Å²) in [6, 6.07) is 5.96. The van der Waals surface area contributed by atoms with Crippen molar-refractivity contribution in [3.05, 3.63) is 23.8 Å². The van der Waals surface area contributed by atoms with Crippen LogP contribution in [-0.4, -0.2) is 24.8 Å². The van der Waals surface area contributed by atoms with Crippen molar-refractivity contribution < 1.29 is 5.11 Å². The first-order valence-electron chi connectivity index (χ1n) is 5.47. The molecule has 0 amide bonds. The lowest BCUT2D eigenvalue weighted by molar-refractivity contribution is 0.302. The molecule has 0 radical (unpaired) electrons. The second-order valence-corrected chi connectivity index (χ2v) is 3.54. The van der Waals surface area contributed by atoms with E-state index in [2.05, 4.69) is 18.7 Å². The number of aryl methyl sites for hydroxylation is 1. The highest BCUT2D eigenvalue weighted by Gasteiger charge is 2.08. The van der Waals surface area contributed by atoms with Gasteiger partial charge in [0.05, 0.1) is 6.61 Å². The average Bonchev–Trinajstić information content (AvgIpc) is 2.26. The monoisotopic (exact) mass is 208 g/mol. The number of hydrogen-bond donors (Lipinski definition) is 2. The van der Waals surface area contributed by atoms with Crippen LogP contribution in [0.3, 0.4) is 0 Å². The maximum absolute atomic E-state index is 8.98. The van der Waals surface area contributed by atoms with Crippen molar-refractivity contribution in [1.82, 2.24) is 0 Å². The Bertz CT molecular complexity index is 312. The molecule has 3 nitrogen and oxygen atoms in total. The van der Waals surface area contributed by atoms with E-state index in [1.54, 1.807) is 0 Å². The fourth-order valence-corrected chi connectivity index (χ4v) is 1.77. The van der Waals surface area contributed by atoms with Gasteiger partial charge < -0.3 is 15.7 Å². The molecule has 0 fully saturated rings. The molecule has 1 rings (SSSR count). The summed E-state index contributed by atoms with van der Waals surface area (Å²) in [5.41, 5.74) is 8.98. The third-order valence-corrected chi connectivity index (χ3v) is 2.58. The zero-order valence-electron chi connectivity index (χ0n) is 9.53. The van der Waals surface area contributed by atoms with Crippen LogP contribution in [0, 0.1) is 0 Å². The third-order valence-electron chi connectivity index (χ3n) is 2.58. The normalized spacial score (nSPS) is 10.3. The van der Waals surface area contributed by atoms with Crippen LogP contribution < -0.4 is 10.6 Å². The Morgan fingerprint density at radius 3 is 2.60 bits per heavy atom. The summed E-state index contributed by atoms with van der Waals surface area (Å²) in [4.78, 5) is 2.16. The summed E-state index contributed by atoms with van der Waals surface area (Å²) in [5.74, 6) is 0. The minimum atomic E-state index is 0.182. The van der Waals surface area contributed by atoms with Gasteiger partial charge in [0.15, 0.2) is 0 Å². The topological polar surface area (TPSA) is 49.5 Å². The predicted molar refractivity (Wildman–Crippen MR) is 65.2 cm³/mol. The molecule has 1 aromatic carbocycles. The van der Waals surface area contributed by atoms with Crippen LogP contribution in [0.2, 0.25) is 0 Å². The molecule has 1 aromatic rings. The molecule has 0 heterocycles. The lowest BCUT2D eigenvalue weighted by atomic mass is 10.1. The van der Waals surface area contributed by atoms with E-state index in [0.29, 0.717) is 6.54 Å². The number of nitrogen functional groups attached to an aromatic ring is 1. The number of aliphatic hydroxyl groups is 1. The van der Waals surface area contributed by atoms with Gasteiger partial charge >= 0.3 is 0 Å². The van der Waals surface area contributed by atoms with E-state index >= 15 is 0 Å². The van der Waals surface area contributed by atoms with Crippen LogP contribution in [0.15, 0.2) is 18.2 Å². The fourth-order valence-electron chi connectivity index (χ4n) is 1.77. The SMILES string of the molecule is CCc1cc(N)ccc1N(CC)CCO. The van der Waals surface area contributed by atoms with Crippen LogP contribution in [0.4, 0.5) is 11.4 Å². The molecule has 0 aliphatic heterocycles. The van der Waals surface area contributed by atoms with Crippen LogP contribution in [0.25, 0.3) is 0 Å². The van der Waals surface area contributed by atoms with Crippen molar-refractivity contribution >= 4 is 11.4 Å². The summed E-state index contributed by atoms with van der Waals surface area (Å²) in [5, 5.41) is 8.98. The summed E-state index contributed by atoms with van der Waals surface area (Å²) in [6.07, 6.45) is 0.961. The lowest BCUT2D eigenvalue weighted by Gasteiger charge is -2.24. The Morgan fingerprint density at radius 2 is 2.07 bits per heavy atom. The molecule has 0 saturated carbocycles. The highest BCUT2D eigenvalue weighted by Crippen LogP contribution is 2.23. The Balaban J connectivity index is 2.99. The maximum Gasteiger partial charge on any atom is 0.0606 e. The van der Waals surface area contributed by atoms with Crippen LogP contribution in [-0.2, 0) is 6.42 Å². The molecule has 0 aliphatic carbocycles. The molecular weight excluding hydrogens is 188 g/mol. The second-order valence-electron chi connectivity index (χ2n) is 3.54. The number of aliphatic hydroxyl groups excluding tert-OH is 1. The van der Waals surface area contributed by atoms with E-state index in [1.807, 2.05) is 18.2 Å². The number of rotatable bonds is 5. The number of hydrogen-bond acceptors (Lipinski definition) is 3. The second kappa shape index (κ2) is 5.61. The van der Waals surface area contributed by atoms with Gasteiger partial charge in [-0.2, -0.15) is 0 Å². The third kappa shape index (κ3) is 2.86. The van der Waals surface area contributed by atoms with Gasteiger partial charge in [0.25, 0.3) is 0 Å². The fraction of sp³-hybridized carbons (Fsp3) is 0.500. The van der Waals surface area contributed by atoms with Crippen molar-refractivity contribution in [3.63, 3.8) is 0 Å². The highest BCUT2D eigenvalue weighted by molar-refractivity contribution is 5.59. The molecular formula is C12H20N2O. The van der Waals surface area contributed by atoms with Crippen molar-refractivity contribution in [3.8, 4) is 0 Å². The molecule has 84 valence electrons. The lowest BCUT2D eigenvalue weighted by Crippen LogP contribution is -2.27. The molecule has 0 aromatic heterocycles. The molecule has 0 aliphatic rings. The van der Waals surface area contributed by atoms with Crippen molar-refractivity contribution in [1.29, 1.82) is 0 Å². The Labute approximate surface area is 91.5 Å². The van der Waals surface area contributed by atoms with E-state index in [9.17, 15) is 0 Å². The molecule has 0 saturated heterocycles. The van der Waals surface area contributed by atoms with Crippen molar-refractivity contribution in [2.75, 3.05) is 30.3 Å². The minimum absolute atomic E-state index is 0.182. The zero-order valence-corrected chi connectivity index (χ0v) is 9.53. The van der Waals surface area contributed by atoms with E-state index in [1.165, 1.54) is 11.3 Å². The molecule has 3 N–H and O–H groups in total. The first kappa shape index (κ1) is 11.9. The Morgan fingerprint density at radius 1 is 1.33 bits per heavy atom. The predicted octanol–water partition coefficient (Wildman–Crippen LogP) is 1.65. The van der Waals surface area contributed by atoms with Crippen molar-refractivity contribution in [2.45, 2.75) is 20.3 Å². The van der Waals surface area contributed by atoms with E-state index in [0.717, 1.165) is 18.7 Å². The van der Waals surface area contributed by atoms with Crippen LogP contribution in [0.1, 0.15) is 19.4 Å². The van der Waals surface area contributed by atoms with Crippen LogP contribution >= 0.6 is 0 Å². The Hall–Kier alpha value is -1.22. The molecule has 0 spiro atoms. The highest BCUT2D eigenvalue weighted by atomic mass is 16.3. The molecule has 15 heavy (non-hydrogen) atoms. The van der Waals surface area contributed by atoms with Gasteiger partial charge in [-0.25, -0.2) is 0 Å². The smallest absolute Gasteiger partial charge is 0.0606 e. The Kier molecular flexibility index (Phi) is 4.43. The van der Waals surface area contributed by atoms with Gasteiger partial charge in [0.1, 0.15) is 0 Å². The molecule has 0 atom stereocenters. The zero-order chi connectivity index (χ0) is 11.3. The van der Waals surface area contributed by atoms with E-state index in [-0.39, 0.29) is 6.61 Å². The first-order valence-corrected chi connectivity index (χ1v) is 5.47. The molecule has 0 unspecified atom stereocenters. The van der Waals surface area contributed by atoms with E-state index in [4.69, 9.17) is 10.8 Å². The number of anilines is 2. The van der Waals surface area contributed by atoms with Gasteiger partial charge in [0, 0.05) is 24.5 Å². The average molecular weight is 208 g/mol. The van der Waals surface area contributed by atoms with Gasteiger partial charge in [-0.3, -0.25) is 0 Å². The number of likely N-dealkylation sites (N-methyl/N-ethyl adjacent to an activating group) is 1. The van der Waals surface area contributed by atoms with Gasteiger partial charge in [-0.15, -0.1) is 0 Å². The number of nitrogens with zero attached hydrogens (tertiary/aromatic N) is 1. The standard InChI is InChI=1S/C12H20N2O/c1-3-10-9-11(13)5-6-12(10)14(4-2)7-8-15/h5-6,9,15H,3-4,7-8,13H2,1-2H3. The number of nitrogens with two attached hydrogens (primary N) is 1. The summed E-state index contributed by atoms with van der Waals surface area (Å²) in [7, 11) is 0. The summed E-state index contributed by atoms with van der Waals surface area (Å²) < 4.78 is 0. The molecule has 3 heteroatoms. The van der Waals surface area contributed by atoms with Crippen molar-refractivity contribution in [2.24, 2.45) is 0 Å². The molecule has 0 bridgehead atoms. The largest absolute Gasteiger partial charge is 0.399 e. The maximum atomic E-state index is 8.98.